The first-order valence-corrected chi connectivity index (χ1v) is 6.71. The van der Waals surface area contributed by atoms with Crippen LogP contribution < -0.4 is 5.73 Å². The minimum absolute atomic E-state index is 0.0600. The maximum absolute atomic E-state index is 10.8. The van der Waals surface area contributed by atoms with Gasteiger partial charge in [0.25, 0.3) is 5.69 Å². The molecule has 0 fully saturated rings. The molecule has 0 saturated carbocycles. The summed E-state index contributed by atoms with van der Waals surface area (Å²) in [7, 11) is 0. The lowest BCUT2D eigenvalue weighted by Crippen LogP contribution is -2.44. The zero-order chi connectivity index (χ0) is 14.5. The minimum atomic E-state index is -1.20. The van der Waals surface area contributed by atoms with Crippen molar-refractivity contribution in [1.82, 2.24) is 0 Å². The van der Waals surface area contributed by atoms with Crippen molar-refractivity contribution in [1.29, 1.82) is 0 Å². The van der Waals surface area contributed by atoms with Crippen molar-refractivity contribution in [2.45, 2.75) is 30.2 Å². The van der Waals surface area contributed by atoms with Gasteiger partial charge in [-0.2, -0.15) is 0 Å². The molecule has 0 radical (unpaired) electrons. The van der Waals surface area contributed by atoms with E-state index in [9.17, 15) is 14.9 Å². The second-order valence-electron chi connectivity index (χ2n) is 4.43. The number of rotatable bonds is 7. The molecule has 1 rings (SSSR count). The van der Waals surface area contributed by atoms with Gasteiger partial charge >= 0.3 is 5.97 Å². The summed E-state index contributed by atoms with van der Waals surface area (Å²) in [6, 6.07) is 6.27. The number of carboxylic acid groups (broad SMARTS) is 1. The minimum Gasteiger partial charge on any atom is -0.480 e. The summed E-state index contributed by atoms with van der Waals surface area (Å²) in [4.78, 5) is 21.7. The highest BCUT2D eigenvalue weighted by molar-refractivity contribution is 7.99. The van der Waals surface area contributed by atoms with Crippen LogP contribution in [0.15, 0.2) is 29.2 Å². The molecule has 6 nitrogen and oxygen atoms in total. The summed E-state index contributed by atoms with van der Waals surface area (Å²) >= 11 is 1.52. The highest BCUT2D eigenvalue weighted by Crippen LogP contribution is 2.23. The maximum atomic E-state index is 10.8. The van der Waals surface area contributed by atoms with Crippen LogP contribution in [0.25, 0.3) is 0 Å². The molecule has 1 aromatic carbocycles. The Hall–Kier alpha value is -1.60. The topological polar surface area (TPSA) is 106 Å². The van der Waals surface area contributed by atoms with Crippen LogP contribution in [-0.2, 0) is 4.79 Å². The summed E-state index contributed by atoms with van der Waals surface area (Å²) < 4.78 is 0. The van der Waals surface area contributed by atoms with E-state index in [4.69, 9.17) is 10.8 Å². The molecule has 0 amide bonds. The van der Waals surface area contributed by atoms with E-state index in [1.54, 1.807) is 12.1 Å². The van der Waals surface area contributed by atoms with Crippen molar-refractivity contribution in [3.05, 3.63) is 34.4 Å². The van der Waals surface area contributed by atoms with Gasteiger partial charge in [0, 0.05) is 17.0 Å². The van der Waals surface area contributed by atoms with Crippen LogP contribution >= 0.6 is 11.8 Å². The molecular formula is C12H16N2O4S. The van der Waals surface area contributed by atoms with Crippen molar-refractivity contribution >= 4 is 23.4 Å². The molecule has 0 aromatic heterocycles. The van der Waals surface area contributed by atoms with E-state index < -0.39 is 16.4 Å². The first-order chi connectivity index (χ1) is 8.83. The molecule has 3 N–H and O–H groups in total. The lowest BCUT2D eigenvalue weighted by molar-refractivity contribution is -0.384. The summed E-state index contributed by atoms with van der Waals surface area (Å²) in [5, 5.41) is 19.3. The molecule has 0 aliphatic heterocycles. The Morgan fingerprint density at radius 3 is 2.53 bits per heavy atom. The van der Waals surface area contributed by atoms with Crippen LogP contribution in [0.1, 0.15) is 19.8 Å². The molecule has 19 heavy (non-hydrogen) atoms. The van der Waals surface area contributed by atoms with E-state index in [1.165, 1.54) is 30.8 Å². The number of nitro groups is 1. The Bertz CT molecular complexity index is 459. The number of thioether (sulfide) groups is 1. The highest BCUT2D eigenvalue weighted by Gasteiger charge is 2.26. The van der Waals surface area contributed by atoms with Gasteiger partial charge in [-0.15, -0.1) is 11.8 Å². The van der Waals surface area contributed by atoms with E-state index in [-0.39, 0.29) is 5.69 Å². The smallest absolute Gasteiger partial charge is 0.323 e. The summed E-state index contributed by atoms with van der Waals surface area (Å²) in [5.74, 6) is -0.287. The number of benzene rings is 1. The standard InChI is InChI=1S/C12H16N2O4S/c1-12(13,11(15)16)7-2-8-19-10-5-3-9(4-6-10)14(17)18/h3-6H,2,7-8,13H2,1H3,(H,15,16). The number of hydrogen-bond donors (Lipinski definition) is 2. The zero-order valence-corrected chi connectivity index (χ0v) is 11.4. The largest absolute Gasteiger partial charge is 0.480 e. The number of aliphatic carboxylic acids is 1. The van der Waals surface area contributed by atoms with Gasteiger partial charge < -0.3 is 10.8 Å². The molecule has 0 heterocycles. The molecular weight excluding hydrogens is 268 g/mol. The van der Waals surface area contributed by atoms with Crippen molar-refractivity contribution in [3.63, 3.8) is 0 Å². The quantitative estimate of drug-likeness (QED) is 0.344. The monoisotopic (exact) mass is 284 g/mol. The number of non-ortho nitro benzene ring substituents is 1. The molecule has 0 aliphatic rings. The Morgan fingerprint density at radius 2 is 2.05 bits per heavy atom. The van der Waals surface area contributed by atoms with E-state index in [1.807, 2.05) is 0 Å². The van der Waals surface area contributed by atoms with Gasteiger partial charge in [0.05, 0.1) is 4.92 Å². The average molecular weight is 284 g/mol. The molecule has 1 unspecified atom stereocenters. The zero-order valence-electron chi connectivity index (χ0n) is 10.5. The molecule has 7 heteroatoms. The second kappa shape index (κ2) is 6.53. The van der Waals surface area contributed by atoms with E-state index in [2.05, 4.69) is 0 Å². The van der Waals surface area contributed by atoms with Gasteiger partial charge in [0.1, 0.15) is 5.54 Å². The van der Waals surface area contributed by atoms with Gasteiger partial charge in [0.15, 0.2) is 0 Å². The van der Waals surface area contributed by atoms with Crippen molar-refractivity contribution in [2.75, 3.05) is 5.75 Å². The van der Waals surface area contributed by atoms with Gasteiger partial charge in [0.2, 0.25) is 0 Å². The molecule has 0 saturated heterocycles. The van der Waals surface area contributed by atoms with Crippen LogP contribution in [0.4, 0.5) is 5.69 Å². The average Bonchev–Trinajstić information content (AvgIpc) is 2.35. The predicted octanol–water partition coefficient (Wildman–Crippen LogP) is 2.27. The Labute approximate surface area is 115 Å². The normalized spacial score (nSPS) is 13.8. The van der Waals surface area contributed by atoms with Gasteiger partial charge in [-0.25, -0.2) is 0 Å². The number of nitrogens with two attached hydrogens (primary N) is 1. The van der Waals surface area contributed by atoms with Crippen LogP contribution in [0, 0.1) is 10.1 Å². The van der Waals surface area contributed by atoms with E-state index >= 15 is 0 Å². The first kappa shape index (κ1) is 15.5. The highest BCUT2D eigenvalue weighted by atomic mass is 32.2. The fraction of sp³-hybridized carbons (Fsp3) is 0.417. The molecule has 0 spiro atoms. The van der Waals surface area contributed by atoms with Crippen LogP contribution in [0.3, 0.4) is 0 Å². The first-order valence-electron chi connectivity index (χ1n) is 5.72. The number of hydrogen-bond acceptors (Lipinski definition) is 5. The Kier molecular flexibility index (Phi) is 5.31. The molecule has 1 atom stereocenters. The van der Waals surface area contributed by atoms with Gasteiger partial charge in [-0.3, -0.25) is 14.9 Å². The van der Waals surface area contributed by atoms with Crippen LogP contribution in [0.5, 0.6) is 0 Å². The summed E-state index contributed by atoms with van der Waals surface area (Å²) in [6.07, 6.45) is 1.06. The fourth-order valence-electron chi connectivity index (χ4n) is 1.40. The Balaban J connectivity index is 2.38. The molecule has 0 aliphatic carbocycles. The molecule has 104 valence electrons. The van der Waals surface area contributed by atoms with Crippen molar-refractivity contribution in [2.24, 2.45) is 5.73 Å². The third-order valence-corrected chi connectivity index (χ3v) is 3.74. The van der Waals surface area contributed by atoms with Crippen LogP contribution in [-0.4, -0.2) is 27.3 Å². The third-order valence-electron chi connectivity index (χ3n) is 2.65. The number of carboxylic acids is 1. The van der Waals surface area contributed by atoms with Crippen molar-refractivity contribution < 1.29 is 14.8 Å². The summed E-state index contributed by atoms with van der Waals surface area (Å²) in [6.45, 7) is 1.49. The lowest BCUT2D eigenvalue weighted by Gasteiger charge is -2.18. The van der Waals surface area contributed by atoms with Crippen molar-refractivity contribution in [3.8, 4) is 0 Å². The van der Waals surface area contributed by atoms with Crippen LogP contribution in [0.2, 0.25) is 0 Å². The third kappa shape index (κ3) is 4.88. The van der Waals surface area contributed by atoms with Gasteiger partial charge in [-0.05, 0) is 37.7 Å². The van der Waals surface area contributed by atoms with Gasteiger partial charge in [-0.1, -0.05) is 0 Å². The second-order valence-corrected chi connectivity index (χ2v) is 5.59. The van der Waals surface area contributed by atoms with E-state index in [0.717, 1.165) is 10.6 Å². The molecule has 1 aromatic rings. The number of nitrogens with zero attached hydrogens (tertiary/aromatic N) is 1. The maximum Gasteiger partial charge on any atom is 0.323 e. The Morgan fingerprint density at radius 1 is 1.47 bits per heavy atom. The number of carbonyl (C=O) groups is 1. The SMILES string of the molecule is CC(N)(CCCSc1ccc([N+](=O)[O-])cc1)C(=O)O. The van der Waals surface area contributed by atoms with E-state index in [0.29, 0.717) is 12.8 Å². The number of nitro benzene ring substituents is 1. The predicted molar refractivity (Wildman–Crippen MR) is 73.3 cm³/mol. The molecule has 0 bridgehead atoms. The lowest BCUT2D eigenvalue weighted by atomic mass is 9.98. The fourth-order valence-corrected chi connectivity index (χ4v) is 2.25. The summed E-state index contributed by atoms with van der Waals surface area (Å²) in [5.41, 5.74) is 4.47.